The Kier molecular flexibility index (Phi) is 7.15. The van der Waals surface area contributed by atoms with Crippen molar-refractivity contribution in [2.75, 3.05) is 20.3 Å². The Bertz CT molecular complexity index is 476. The lowest BCUT2D eigenvalue weighted by molar-refractivity contribution is 0.0596. The molecule has 0 aliphatic heterocycles. The molecule has 0 bridgehead atoms. The van der Waals surface area contributed by atoms with Crippen LogP contribution >= 0.6 is 0 Å². The van der Waals surface area contributed by atoms with E-state index >= 15 is 0 Å². The highest BCUT2D eigenvalue weighted by Gasteiger charge is 2.42. The Morgan fingerprint density at radius 1 is 1.16 bits per heavy atom. The maximum absolute atomic E-state index is 12.0. The first-order valence-electron chi connectivity index (χ1n) is 9.15. The normalized spacial score (nSPS) is 25.8. The van der Waals surface area contributed by atoms with Crippen LogP contribution in [0.3, 0.4) is 0 Å². The van der Waals surface area contributed by atoms with Gasteiger partial charge in [0.2, 0.25) is 0 Å². The smallest absolute Gasteiger partial charge is 0.407 e. The lowest BCUT2D eigenvalue weighted by Gasteiger charge is -2.46. The zero-order chi connectivity index (χ0) is 19.3. The maximum Gasteiger partial charge on any atom is 0.407 e. The molecule has 1 fully saturated rings. The lowest BCUT2D eigenvalue weighted by atomic mass is 9.62. The van der Waals surface area contributed by atoms with Crippen molar-refractivity contribution in [1.82, 2.24) is 10.6 Å². The molecule has 2 amide bonds. The Morgan fingerprint density at radius 3 is 2.36 bits per heavy atom. The number of carbonyl (C=O) groups excluding carboxylic acids is 2. The van der Waals surface area contributed by atoms with Gasteiger partial charge in [-0.1, -0.05) is 41.5 Å². The second-order valence-corrected chi connectivity index (χ2v) is 9.34. The zero-order valence-corrected chi connectivity index (χ0v) is 17.0. The Morgan fingerprint density at radius 2 is 1.80 bits per heavy atom. The molecule has 6 nitrogen and oxygen atoms in total. The van der Waals surface area contributed by atoms with Gasteiger partial charge in [-0.05, 0) is 41.9 Å². The summed E-state index contributed by atoms with van der Waals surface area (Å²) in [5.41, 5.74) is -0.0369. The van der Waals surface area contributed by atoms with Gasteiger partial charge in [0.1, 0.15) is 0 Å². The summed E-state index contributed by atoms with van der Waals surface area (Å²) in [6.45, 7) is 13.7. The van der Waals surface area contributed by atoms with Gasteiger partial charge in [0, 0.05) is 12.6 Å². The van der Waals surface area contributed by atoms with Crippen molar-refractivity contribution in [3.63, 3.8) is 0 Å². The van der Waals surface area contributed by atoms with Crippen LogP contribution in [0.2, 0.25) is 0 Å². The molecule has 0 aromatic rings. The summed E-state index contributed by atoms with van der Waals surface area (Å²) in [5, 5.41) is 5.82. The van der Waals surface area contributed by atoms with Crippen LogP contribution in [-0.2, 0) is 9.47 Å². The number of methoxy groups -OCH3 is 1. The van der Waals surface area contributed by atoms with Gasteiger partial charge in [-0.15, -0.1) is 0 Å². The van der Waals surface area contributed by atoms with E-state index in [2.05, 4.69) is 52.2 Å². The molecule has 0 aromatic heterocycles. The first-order chi connectivity index (χ1) is 11.4. The van der Waals surface area contributed by atoms with Crippen LogP contribution in [0.1, 0.15) is 67.2 Å². The van der Waals surface area contributed by atoms with Crippen LogP contribution in [0.5, 0.6) is 0 Å². The Labute approximate surface area is 152 Å². The quantitative estimate of drug-likeness (QED) is 0.751. The molecule has 0 saturated heterocycles. The summed E-state index contributed by atoms with van der Waals surface area (Å²) in [5.74, 6) is 0. The van der Waals surface area contributed by atoms with E-state index in [0.29, 0.717) is 13.2 Å². The van der Waals surface area contributed by atoms with E-state index in [-0.39, 0.29) is 28.4 Å². The van der Waals surface area contributed by atoms with Gasteiger partial charge in [0.05, 0.1) is 13.7 Å². The number of nitrogens with one attached hydrogen (secondary N) is 2. The average Bonchev–Trinajstić information content (AvgIpc) is 2.49. The number of ether oxygens (including phenoxy) is 2. The van der Waals surface area contributed by atoms with Crippen molar-refractivity contribution >= 4 is 12.2 Å². The summed E-state index contributed by atoms with van der Waals surface area (Å²) < 4.78 is 10.1. The van der Waals surface area contributed by atoms with E-state index in [1.165, 1.54) is 7.11 Å². The molecule has 1 rings (SSSR count). The molecule has 2 unspecified atom stereocenters. The van der Waals surface area contributed by atoms with Gasteiger partial charge < -0.3 is 20.1 Å². The number of rotatable bonds is 6. The van der Waals surface area contributed by atoms with Crippen molar-refractivity contribution < 1.29 is 19.1 Å². The molecule has 6 heteroatoms. The number of carbonyl (C=O) groups is 2. The molecule has 1 saturated carbocycles. The maximum atomic E-state index is 12.0. The van der Waals surface area contributed by atoms with E-state index < -0.39 is 6.09 Å². The molecule has 0 spiro atoms. The van der Waals surface area contributed by atoms with E-state index in [1.54, 1.807) is 0 Å². The molecular formula is C19H36N2O4. The highest BCUT2D eigenvalue weighted by atomic mass is 16.5. The molecule has 1 aliphatic carbocycles. The highest BCUT2D eigenvalue weighted by molar-refractivity contribution is 5.67. The molecule has 2 N–H and O–H groups in total. The highest BCUT2D eigenvalue weighted by Crippen LogP contribution is 2.45. The summed E-state index contributed by atoms with van der Waals surface area (Å²) in [6.07, 6.45) is 2.84. The fourth-order valence-corrected chi connectivity index (χ4v) is 3.80. The van der Waals surface area contributed by atoms with Gasteiger partial charge >= 0.3 is 12.2 Å². The molecule has 2 atom stereocenters. The second-order valence-electron chi connectivity index (χ2n) is 9.34. The first-order valence-corrected chi connectivity index (χ1v) is 9.15. The minimum atomic E-state index is -0.404. The van der Waals surface area contributed by atoms with Gasteiger partial charge in [-0.25, -0.2) is 9.59 Å². The second kappa shape index (κ2) is 8.28. The molecule has 1 aliphatic rings. The van der Waals surface area contributed by atoms with Crippen LogP contribution in [0.15, 0.2) is 0 Å². The van der Waals surface area contributed by atoms with Crippen molar-refractivity contribution in [2.45, 2.75) is 73.3 Å². The van der Waals surface area contributed by atoms with Crippen molar-refractivity contribution in [2.24, 2.45) is 16.2 Å². The minimum absolute atomic E-state index is 0.0103. The van der Waals surface area contributed by atoms with Crippen molar-refractivity contribution in [3.8, 4) is 0 Å². The molecule has 0 heterocycles. The van der Waals surface area contributed by atoms with Crippen LogP contribution in [0.4, 0.5) is 9.59 Å². The SMILES string of the molecule is CCC(C)(C)COC(=O)NCC1(C)CC(NC(=O)OC)CC(C)(C)C1. The Hall–Kier alpha value is -1.46. The van der Waals surface area contributed by atoms with Gasteiger partial charge in [0.15, 0.2) is 0 Å². The van der Waals surface area contributed by atoms with E-state index in [0.717, 1.165) is 25.7 Å². The van der Waals surface area contributed by atoms with Crippen LogP contribution in [-0.4, -0.2) is 38.5 Å². The van der Waals surface area contributed by atoms with Crippen LogP contribution in [0.25, 0.3) is 0 Å². The molecule has 0 aromatic carbocycles. The predicted molar refractivity (Wildman–Crippen MR) is 98.5 cm³/mol. The monoisotopic (exact) mass is 356 g/mol. The molecule has 146 valence electrons. The van der Waals surface area contributed by atoms with Gasteiger partial charge in [-0.3, -0.25) is 0 Å². The fourth-order valence-electron chi connectivity index (χ4n) is 3.80. The topological polar surface area (TPSA) is 76.7 Å². The van der Waals surface area contributed by atoms with E-state index in [1.807, 2.05) is 0 Å². The fraction of sp³-hybridized carbons (Fsp3) is 0.895. The Balaban J connectivity index is 2.59. The average molecular weight is 357 g/mol. The van der Waals surface area contributed by atoms with Gasteiger partial charge in [-0.2, -0.15) is 0 Å². The van der Waals surface area contributed by atoms with E-state index in [4.69, 9.17) is 9.47 Å². The number of alkyl carbamates (subject to hydrolysis) is 2. The minimum Gasteiger partial charge on any atom is -0.453 e. The summed E-state index contributed by atoms with van der Waals surface area (Å²) in [6, 6.07) is 0.0399. The molecule has 0 radical (unpaired) electrons. The summed E-state index contributed by atoms with van der Waals surface area (Å²) >= 11 is 0. The third-order valence-corrected chi connectivity index (χ3v) is 5.16. The predicted octanol–water partition coefficient (Wildman–Crippen LogP) is 4.09. The number of amides is 2. The van der Waals surface area contributed by atoms with E-state index in [9.17, 15) is 9.59 Å². The van der Waals surface area contributed by atoms with Crippen molar-refractivity contribution in [1.29, 1.82) is 0 Å². The lowest BCUT2D eigenvalue weighted by Crippen LogP contribution is -2.50. The van der Waals surface area contributed by atoms with Crippen LogP contribution in [0, 0.1) is 16.2 Å². The van der Waals surface area contributed by atoms with Crippen molar-refractivity contribution in [3.05, 3.63) is 0 Å². The first kappa shape index (κ1) is 21.6. The van der Waals surface area contributed by atoms with Gasteiger partial charge in [0.25, 0.3) is 0 Å². The van der Waals surface area contributed by atoms with Crippen LogP contribution < -0.4 is 10.6 Å². The summed E-state index contributed by atoms with van der Waals surface area (Å²) in [4.78, 5) is 23.6. The molecular weight excluding hydrogens is 320 g/mol. The third-order valence-electron chi connectivity index (χ3n) is 5.16. The summed E-state index contributed by atoms with van der Waals surface area (Å²) in [7, 11) is 1.37. The standard InChI is InChI=1S/C19H36N2O4/c1-8-17(2,3)13-25-15(22)20-12-19(6)10-14(21-16(23)24-7)9-18(4,5)11-19/h14H,8-13H2,1-7H3,(H,20,22)(H,21,23). The zero-order valence-electron chi connectivity index (χ0n) is 17.0. The molecule has 25 heavy (non-hydrogen) atoms. The third kappa shape index (κ3) is 7.53. The number of hydrogen-bond acceptors (Lipinski definition) is 4. The number of hydrogen-bond donors (Lipinski definition) is 2. The largest absolute Gasteiger partial charge is 0.453 e.